The van der Waals surface area contributed by atoms with Crippen LogP contribution in [0.5, 0.6) is 0 Å². The highest BCUT2D eigenvalue weighted by Gasteiger charge is 2.37. The lowest BCUT2D eigenvalue weighted by Gasteiger charge is -2.32. The lowest BCUT2D eigenvalue weighted by atomic mass is 9.74. The Kier molecular flexibility index (Phi) is 5.64. The SMILES string of the molecule is CC(C)(C)OCCC1(C(=O)O)CCCCCCC1. The fourth-order valence-corrected chi connectivity index (χ4v) is 2.71. The molecule has 3 nitrogen and oxygen atoms in total. The molecule has 0 saturated heterocycles. The summed E-state index contributed by atoms with van der Waals surface area (Å²) in [6.07, 6.45) is 7.98. The van der Waals surface area contributed by atoms with Crippen LogP contribution < -0.4 is 0 Å². The number of hydrogen-bond acceptors (Lipinski definition) is 2. The Morgan fingerprint density at radius 2 is 1.61 bits per heavy atom. The Morgan fingerprint density at radius 3 is 2.06 bits per heavy atom. The molecule has 0 aliphatic heterocycles. The summed E-state index contributed by atoms with van der Waals surface area (Å²) in [6.45, 7) is 6.59. The fourth-order valence-electron chi connectivity index (χ4n) is 2.71. The van der Waals surface area contributed by atoms with Gasteiger partial charge in [-0.1, -0.05) is 32.1 Å². The Hall–Kier alpha value is -0.570. The highest BCUT2D eigenvalue weighted by Crippen LogP contribution is 2.38. The highest BCUT2D eigenvalue weighted by molar-refractivity contribution is 5.74. The molecule has 0 aromatic carbocycles. The fraction of sp³-hybridized carbons (Fsp3) is 0.933. The Bertz CT molecular complexity index is 257. The van der Waals surface area contributed by atoms with E-state index in [1.165, 1.54) is 19.3 Å². The summed E-state index contributed by atoms with van der Waals surface area (Å²) in [5.41, 5.74) is -0.715. The van der Waals surface area contributed by atoms with Gasteiger partial charge in [-0.15, -0.1) is 0 Å². The second-order valence-corrected chi connectivity index (χ2v) is 6.56. The van der Waals surface area contributed by atoms with E-state index in [0.717, 1.165) is 25.7 Å². The molecule has 1 rings (SSSR count). The lowest BCUT2D eigenvalue weighted by Crippen LogP contribution is -2.34. The Labute approximate surface area is 111 Å². The van der Waals surface area contributed by atoms with Crippen molar-refractivity contribution in [3.05, 3.63) is 0 Å². The number of carboxylic acids is 1. The molecule has 1 N–H and O–H groups in total. The average molecular weight is 256 g/mol. The van der Waals surface area contributed by atoms with Crippen LogP contribution in [0.1, 0.15) is 72.1 Å². The van der Waals surface area contributed by atoms with Gasteiger partial charge in [0.05, 0.1) is 11.0 Å². The summed E-state index contributed by atoms with van der Waals surface area (Å²) in [4.78, 5) is 11.6. The summed E-state index contributed by atoms with van der Waals surface area (Å²) < 4.78 is 5.72. The topological polar surface area (TPSA) is 46.5 Å². The zero-order valence-corrected chi connectivity index (χ0v) is 12.1. The van der Waals surface area contributed by atoms with Crippen LogP contribution in [0.25, 0.3) is 0 Å². The van der Waals surface area contributed by atoms with E-state index < -0.39 is 11.4 Å². The Morgan fingerprint density at radius 1 is 1.11 bits per heavy atom. The molecule has 0 aromatic heterocycles. The van der Waals surface area contributed by atoms with Crippen molar-refractivity contribution in [2.75, 3.05) is 6.61 Å². The normalized spacial score (nSPS) is 21.1. The first-order valence-corrected chi connectivity index (χ1v) is 7.23. The first kappa shape index (κ1) is 15.5. The summed E-state index contributed by atoms with van der Waals surface area (Å²) in [6, 6.07) is 0. The number of carboxylic acid groups (broad SMARTS) is 1. The highest BCUT2D eigenvalue weighted by atomic mass is 16.5. The molecular weight excluding hydrogens is 228 g/mol. The van der Waals surface area contributed by atoms with E-state index in [1.807, 2.05) is 20.8 Å². The van der Waals surface area contributed by atoms with Crippen molar-refractivity contribution in [2.45, 2.75) is 77.7 Å². The van der Waals surface area contributed by atoms with Crippen molar-refractivity contribution in [3.8, 4) is 0 Å². The third-order valence-corrected chi connectivity index (χ3v) is 3.88. The van der Waals surface area contributed by atoms with E-state index in [4.69, 9.17) is 4.74 Å². The zero-order valence-electron chi connectivity index (χ0n) is 12.1. The van der Waals surface area contributed by atoms with Crippen molar-refractivity contribution in [1.29, 1.82) is 0 Å². The molecule has 106 valence electrons. The van der Waals surface area contributed by atoms with Crippen LogP contribution in [0.15, 0.2) is 0 Å². The molecule has 0 aromatic rings. The van der Waals surface area contributed by atoms with Crippen LogP contribution >= 0.6 is 0 Å². The van der Waals surface area contributed by atoms with Crippen LogP contribution in [0, 0.1) is 5.41 Å². The van der Waals surface area contributed by atoms with Gasteiger partial charge in [0.1, 0.15) is 0 Å². The maximum absolute atomic E-state index is 11.6. The monoisotopic (exact) mass is 256 g/mol. The maximum atomic E-state index is 11.6. The molecule has 0 spiro atoms. The second-order valence-electron chi connectivity index (χ2n) is 6.56. The minimum absolute atomic E-state index is 0.179. The van der Waals surface area contributed by atoms with Crippen molar-refractivity contribution in [3.63, 3.8) is 0 Å². The molecule has 1 saturated carbocycles. The van der Waals surface area contributed by atoms with Crippen LogP contribution in [-0.2, 0) is 9.53 Å². The van der Waals surface area contributed by atoms with Crippen molar-refractivity contribution >= 4 is 5.97 Å². The van der Waals surface area contributed by atoms with Gasteiger partial charge in [-0.05, 0) is 40.0 Å². The molecular formula is C15H28O3. The van der Waals surface area contributed by atoms with E-state index in [2.05, 4.69) is 0 Å². The van der Waals surface area contributed by atoms with Gasteiger partial charge < -0.3 is 9.84 Å². The van der Waals surface area contributed by atoms with E-state index in [0.29, 0.717) is 13.0 Å². The minimum Gasteiger partial charge on any atom is -0.481 e. The van der Waals surface area contributed by atoms with E-state index in [9.17, 15) is 9.90 Å². The van der Waals surface area contributed by atoms with Crippen LogP contribution in [0.2, 0.25) is 0 Å². The van der Waals surface area contributed by atoms with Crippen molar-refractivity contribution < 1.29 is 14.6 Å². The van der Waals surface area contributed by atoms with Gasteiger partial charge in [-0.3, -0.25) is 4.79 Å². The molecule has 0 amide bonds. The van der Waals surface area contributed by atoms with Gasteiger partial charge in [0.15, 0.2) is 0 Å². The van der Waals surface area contributed by atoms with Gasteiger partial charge in [-0.2, -0.15) is 0 Å². The molecule has 18 heavy (non-hydrogen) atoms. The van der Waals surface area contributed by atoms with Gasteiger partial charge in [-0.25, -0.2) is 0 Å². The quantitative estimate of drug-likeness (QED) is 0.826. The summed E-state index contributed by atoms with van der Waals surface area (Å²) in [5.74, 6) is -0.623. The van der Waals surface area contributed by atoms with Gasteiger partial charge in [0.25, 0.3) is 0 Å². The second kappa shape index (κ2) is 6.55. The molecule has 1 aliphatic rings. The predicted octanol–water partition coefficient (Wildman–Crippen LogP) is 4.01. The Balaban J connectivity index is 2.58. The smallest absolute Gasteiger partial charge is 0.309 e. The summed E-state index contributed by atoms with van der Waals surface area (Å²) >= 11 is 0. The molecule has 1 aliphatic carbocycles. The molecule has 0 radical (unpaired) electrons. The molecule has 0 unspecified atom stereocenters. The number of carbonyl (C=O) groups is 1. The third kappa shape index (κ3) is 4.97. The van der Waals surface area contributed by atoms with Crippen molar-refractivity contribution in [1.82, 2.24) is 0 Å². The van der Waals surface area contributed by atoms with E-state index in [-0.39, 0.29) is 5.60 Å². The van der Waals surface area contributed by atoms with Crippen LogP contribution in [0.3, 0.4) is 0 Å². The van der Waals surface area contributed by atoms with Gasteiger partial charge >= 0.3 is 5.97 Å². The average Bonchev–Trinajstić information content (AvgIpc) is 2.19. The number of rotatable bonds is 4. The number of aliphatic carboxylic acids is 1. The number of ether oxygens (including phenoxy) is 1. The predicted molar refractivity (Wildman–Crippen MR) is 72.7 cm³/mol. The van der Waals surface area contributed by atoms with Crippen molar-refractivity contribution in [2.24, 2.45) is 5.41 Å². The largest absolute Gasteiger partial charge is 0.481 e. The van der Waals surface area contributed by atoms with Gasteiger partial charge in [0.2, 0.25) is 0 Å². The summed E-state index contributed by atoms with van der Waals surface area (Å²) in [5, 5.41) is 9.58. The molecule has 1 fully saturated rings. The molecule has 0 heterocycles. The zero-order chi connectivity index (χ0) is 13.6. The van der Waals surface area contributed by atoms with Crippen LogP contribution in [0.4, 0.5) is 0 Å². The van der Waals surface area contributed by atoms with E-state index in [1.54, 1.807) is 0 Å². The molecule has 0 bridgehead atoms. The first-order chi connectivity index (χ1) is 8.36. The minimum atomic E-state index is -0.623. The molecule has 0 atom stereocenters. The number of hydrogen-bond donors (Lipinski definition) is 1. The van der Waals surface area contributed by atoms with Crippen LogP contribution in [-0.4, -0.2) is 23.3 Å². The third-order valence-electron chi connectivity index (χ3n) is 3.88. The maximum Gasteiger partial charge on any atom is 0.309 e. The van der Waals surface area contributed by atoms with Gasteiger partial charge in [0, 0.05) is 6.61 Å². The summed E-state index contributed by atoms with van der Waals surface area (Å²) in [7, 11) is 0. The molecule has 3 heteroatoms. The van der Waals surface area contributed by atoms with E-state index >= 15 is 0 Å². The first-order valence-electron chi connectivity index (χ1n) is 7.23. The lowest BCUT2D eigenvalue weighted by molar-refractivity contribution is -0.152. The standard InChI is InChI=1S/C15H28O3/c1-14(2,3)18-12-11-15(13(16)17)9-7-5-4-6-8-10-15/h4-12H2,1-3H3,(H,16,17).